The van der Waals surface area contributed by atoms with Crippen molar-refractivity contribution < 1.29 is 18.7 Å². The van der Waals surface area contributed by atoms with E-state index in [2.05, 4.69) is 15.5 Å². The highest BCUT2D eigenvalue weighted by molar-refractivity contribution is 6.30. The zero-order valence-corrected chi connectivity index (χ0v) is 17.6. The molecule has 0 atom stereocenters. The van der Waals surface area contributed by atoms with Gasteiger partial charge in [-0.15, -0.1) is 0 Å². The summed E-state index contributed by atoms with van der Waals surface area (Å²) in [7, 11) is 0. The third-order valence-electron chi connectivity index (χ3n) is 5.30. The Labute approximate surface area is 184 Å². The molecule has 0 bridgehead atoms. The van der Waals surface area contributed by atoms with E-state index in [1.54, 1.807) is 53.6 Å². The van der Waals surface area contributed by atoms with Gasteiger partial charge in [0.25, 0.3) is 11.8 Å². The van der Waals surface area contributed by atoms with Crippen molar-refractivity contribution in [1.29, 1.82) is 0 Å². The molecule has 2 N–H and O–H groups in total. The number of amides is 2. The van der Waals surface area contributed by atoms with Crippen LogP contribution in [0, 0.1) is 0 Å². The predicted molar refractivity (Wildman–Crippen MR) is 114 cm³/mol. The van der Waals surface area contributed by atoms with Gasteiger partial charge in [0.1, 0.15) is 17.2 Å². The maximum Gasteiger partial charge on any atom is 0.272 e. The molecule has 1 aliphatic rings. The van der Waals surface area contributed by atoms with Gasteiger partial charge in [-0.25, -0.2) is 0 Å². The number of carbonyl (C=O) groups excluding carboxylic acids is 2. The molecule has 1 fully saturated rings. The second-order valence-electron chi connectivity index (χ2n) is 7.37. The van der Waals surface area contributed by atoms with Crippen LogP contribution in [0.2, 0.25) is 5.02 Å². The Hall–Kier alpha value is -3.26. The number of nitrogens with zero attached hydrogens (tertiary/aromatic N) is 2. The molecule has 0 saturated carbocycles. The van der Waals surface area contributed by atoms with Gasteiger partial charge in [-0.05, 0) is 55.3 Å². The molecule has 9 heteroatoms. The van der Waals surface area contributed by atoms with Crippen LogP contribution in [-0.4, -0.2) is 46.6 Å². The van der Waals surface area contributed by atoms with Gasteiger partial charge in [0.15, 0.2) is 6.61 Å². The molecule has 3 heterocycles. The van der Waals surface area contributed by atoms with Crippen molar-refractivity contribution in [2.24, 2.45) is 0 Å². The lowest BCUT2D eigenvalue weighted by atomic mass is 9.93. The normalized spacial score (nSPS) is 14.4. The lowest BCUT2D eigenvalue weighted by Gasteiger charge is -2.31. The minimum atomic E-state index is -0.258. The van der Waals surface area contributed by atoms with Crippen molar-refractivity contribution in [2.45, 2.75) is 25.3 Å². The fourth-order valence-corrected chi connectivity index (χ4v) is 3.67. The van der Waals surface area contributed by atoms with Gasteiger partial charge in [-0.2, -0.15) is 5.10 Å². The maximum atomic E-state index is 12.4. The number of hydrogen-bond donors (Lipinski definition) is 2. The fourth-order valence-electron chi connectivity index (χ4n) is 3.54. The Bertz CT molecular complexity index is 1010. The van der Waals surface area contributed by atoms with Crippen molar-refractivity contribution in [1.82, 2.24) is 20.4 Å². The lowest BCUT2D eigenvalue weighted by Crippen LogP contribution is -2.40. The van der Waals surface area contributed by atoms with Crippen LogP contribution in [0.1, 0.15) is 40.7 Å². The summed E-state index contributed by atoms with van der Waals surface area (Å²) in [6.45, 7) is 1.57. The Morgan fingerprint density at radius 3 is 2.71 bits per heavy atom. The Balaban J connectivity index is 1.23. The van der Waals surface area contributed by atoms with Crippen LogP contribution >= 0.6 is 11.6 Å². The summed E-state index contributed by atoms with van der Waals surface area (Å²) in [6.07, 6.45) is 3.15. The zero-order chi connectivity index (χ0) is 21.6. The molecule has 1 aliphatic heterocycles. The first-order valence-corrected chi connectivity index (χ1v) is 10.5. The largest absolute Gasteiger partial charge is 0.484 e. The molecule has 1 aromatic carbocycles. The molecule has 2 aromatic heterocycles. The zero-order valence-electron chi connectivity index (χ0n) is 16.8. The van der Waals surface area contributed by atoms with Crippen LogP contribution in [0.3, 0.4) is 0 Å². The standard InChI is InChI=1S/C22H23ClN4O4/c23-16-3-5-17(6-4-16)31-14-21(28)27-9-7-15(8-10-27)19-12-20(26-25-19)22(29)24-13-18-2-1-11-30-18/h1-6,11-12,15H,7-10,13-14H2,(H,24,29)(H,25,26). The number of furan rings is 1. The second-order valence-corrected chi connectivity index (χ2v) is 7.80. The fraction of sp³-hybridized carbons (Fsp3) is 0.318. The van der Waals surface area contributed by atoms with Crippen LogP contribution in [0.25, 0.3) is 0 Å². The van der Waals surface area contributed by atoms with Crippen LogP contribution in [0.5, 0.6) is 5.75 Å². The average Bonchev–Trinajstić information content (AvgIpc) is 3.49. The third kappa shape index (κ3) is 5.46. The van der Waals surface area contributed by atoms with Crippen LogP contribution < -0.4 is 10.1 Å². The van der Waals surface area contributed by atoms with Crippen LogP contribution in [0.15, 0.2) is 53.1 Å². The molecule has 0 radical (unpaired) electrons. The number of nitrogens with one attached hydrogen (secondary N) is 2. The van der Waals surface area contributed by atoms with Gasteiger partial charge in [-0.1, -0.05) is 11.6 Å². The molecule has 1 saturated heterocycles. The summed E-state index contributed by atoms with van der Waals surface area (Å²) in [5.74, 6) is 1.21. The number of aromatic amines is 1. The maximum absolute atomic E-state index is 12.4. The van der Waals surface area contributed by atoms with E-state index in [9.17, 15) is 9.59 Å². The molecule has 162 valence electrons. The topological polar surface area (TPSA) is 100 Å². The Kier molecular flexibility index (Phi) is 6.57. The highest BCUT2D eigenvalue weighted by atomic mass is 35.5. The molecular weight excluding hydrogens is 420 g/mol. The molecule has 8 nitrogen and oxygen atoms in total. The predicted octanol–water partition coefficient (Wildman–Crippen LogP) is 3.37. The van der Waals surface area contributed by atoms with Gasteiger partial charge in [0.05, 0.1) is 12.8 Å². The van der Waals surface area contributed by atoms with Gasteiger partial charge in [-0.3, -0.25) is 14.7 Å². The van der Waals surface area contributed by atoms with Gasteiger partial charge >= 0.3 is 0 Å². The monoisotopic (exact) mass is 442 g/mol. The van der Waals surface area contributed by atoms with E-state index >= 15 is 0 Å². The van der Waals surface area contributed by atoms with Crippen molar-refractivity contribution in [2.75, 3.05) is 19.7 Å². The van der Waals surface area contributed by atoms with Gasteiger partial charge < -0.3 is 19.4 Å². The number of ether oxygens (including phenoxy) is 1. The van der Waals surface area contributed by atoms with E-state index < -0.39 is 0 Å². The number of piperidine rings is 1. The van der Waals surface area contributed by atoms with Crippen molar-refractivity contribution >= 4 is 23.4 Å². The number of carbonyl (C=O) groups is 2. The second kappa shape index (κ2) is 9.70. The van der Waals surface area contributed by atoms with Crippen molar-refractivity contribution in [3.05, 3.63) is 70.9 Å². The number of hydrogen-bond acceptors (Lipinski definition) is 5. The summed E-state index contributed by atoms with van der Waals surface area (Å²) in [5.41, 5.74) is 1.25. The minimum absolute atomic E-state index is 0.00363. The minimum Gasteiger partial charge on any atom is -0.484 e. The number of benzene rings is 1. The summed E-state index contributed by atoms with van der Waals surface area (Å²) >= 11 is 5.85. The number of halogens is 1. The van der Waals surface area contributed by atoms with E-state index in [1.165, 1.54) is 0 Å². The number of rotatable bonds is 7. The number of likely N-dealkylation sites (tertiary alicyclic amines) is 1. The van der Waals surface area contributed by atoms with E-state index in [1.807, 2.05) is 0 Å². The summed E-state index contributed by atoms with van der Waals surface area (Å²) in [4.78, 5) is 26.5. The van der Waals surface area contributed by atoms with E-state index in [4.69, 9.17) is 20.8 Å². The SMILES string of the molecule is O=C(NCc1ccco1)c1cc(C2CCN(C(=O)COc3ccc(Cl)cc3)CC2)[nH]n1. The first-order valence-electron chi connectivity index (χ1n) is 10.1. The number of aromatic nitrogens is 2. The van der Waals surface area contributed by atoms with E-state index in [-0.39, 0.29) is 24.3 Å². The van der Waals surface area contributed by atoms with Crippen molar-refractivity contribution in [3.63, 3.8) is 0 Å². The first-order chi connectivity index (χ1) is 15.1. The number of H-pyrrole nitrogens is 1. The molecule has 4 rings (SSSR count). The lowest BCUT2D eigenvalue weighted by molar-refractivity contribution is -0.134. The quantitative estimate of drug-likeness (QED) is 0.584. The van der Waals surface area contributed by atoms with Crippen LogP contribution in [0.4, 0.5) is 0 Å². The Morgan fingerprint density at radius 1 is 1.23 bits per heavy atom. The molecule has 0 unspecified atom stereocenters. The summed E-state index contributed by atoms with van der Waals surface area (Å²) < 4.78 is 10.8. The van der Waals surface area contributed by atoms with Crippen LogP contribution in [-0.2, 0) is 11.3 Å². The third-order valence-corrected chi connectivity index (χ3v) is 5.55. The first kappa shape index (κ1) is 21.0. The van der Waals surface area contributed by atoms with Gasteiger partial charge in [0.2, 0.25) is 0 Å². The van der Waals surface area contributed by atoms with Gasteiger partial charge in [0, 0.05) is 29.7 Å². The Morgan fingerprint density at radius 2 is 2.00 bits per heavy atom. The smallest absolute Gasteiger partial charge is 0.272 e. The average molecular weight is 443 g/mol. The molecule has 0 spiro atoms. The highest BCUT2D eigenvalue weighted by Gasteiger charge is 2.26. The summed E-state index contributed by atoms with van der Waals surface area (Å²) in [6, 6.07) is 12.3. The van der Waals surface area contributed by atoms with E-state index in [0.29, 0.717) is 41.9 Å². The summed E-state index contributed by atoms with van der Waals surface area (Å²) in [5, 5.41) is 10.5. The molecule has 2 amide bonds. The van der Waals surface area contributed by atoms with Crippen molar-refractivity contribution in [3.8, 4) is 5.75 Å². The highest BCUT2D eigenvalue weighted by Crippen LogP contribution is 2.27. The molecule has 3 aromatic rings. The van der Waals surface area contributed by atoms with E-state index in [0.717, 1.165) is 18.5 Å². The molecule has 0 aliphatic carbocycles. The molecular formula is C22H23ClN4O4. The molecule has 31 heavy (non-hydrogen) atoms.